The van der Waals surface area contributed by atoms with E-state index < -0.39 is 11.2 Å². The second-order valence-electron chi connectivity index (χ2n) is 8.72. The molecule has 4 N–H and O–H groups in total. The molecule has 0 spiro atoms. The number of nitrogens with one attached hydrogen (secondary N) is 4. The van der Waals surface area contributed by atoms with Crippen LogP contribution in [0.3, 0.4) is 0 Å². The molecule has 4 aliphatic heterocycles. The lowest BCUT2D eigenvalue weighted by molar-refractivity contribution is -0.302. The normalized spacial score (nSPS) is 38.7. The minimum Gasteiger partial charge on any atom is -0.372 e. The van der Waals surface area contributed by atoms with Gasteiger partial charge >= 0.3 is 0 Å². The molecular formula is C20H38N4O5. The second kappa shape index (κ2) is 9.84. The van der Waals surface area contributed by atoms with Crippen LogP contribution in [0.25, 0.3) is 0 Å². The predicted molar refractivity (Wildman–Crippen MR) is 108 cm³/mol. The first kappa shape index (κ1) is 21.9. The molecule has 0 aromatic carbocycles. The van der Waals surface area contributed by atoms with Crippen molar-refractivity contribution in [2.24, 2.45) is 0 Å². The third-order valence-electron chi connectivity index (χ3n) is 6.71. The van der Waals surface area contributed by atoms with Crippen molar-refractivity contribution >= 4 is 0 Å². The molecule has 168 valence electrons. The lowest BCUT2D eigenvalue weighted by atomic mass is 9.84. The Morgan fingerprint density at radius 2 is 0.828 bits per heavy atom. The molecule has 0 bridgehead atoms. The average molecular weight is 415 g/mol. The molecule has 4 heterocycles. The zero-order valence-electron chi connectivity index (χ0n) is 17.8. The maximum Gasteiger partial charge on any atom is 0.121 e. The standard InChI is InChI=1S/C20H38N4O5/c1-19(15-11-21-3-7-25-15,16-12-22-4-8-26-16)29-20(2,17-13-23-5-9-27-17)18-14-24-6-10-28-18/h15-18,21-24H,3-14H2,1-2H3. The van der Waals surface area contributed by atoms with Gasteiger partial charge in [-0.15, -0.1) is 0 Å². The Morgan fingerprint density at radius 3 is 1.03 bits per heavy atom. The molecule has 4 atom stereocenters. The second-order valence-corrected chi connectivity index (χ2v) is 8.72. The van der Waals surface area contributed by atoms with E-state index in [-0.39, 0.29) is 24.4 Å². The van der Waals surface area contributed by atoms with E-state index in [4.69, 9.17) is 23.7 Å². The quantitative estimate of drug-likeness (QED) is 0.413. The minimum absolute atomic E-state index is 0.117. The highest BCUT2D eigenvalue weighted by Crippen LogP contribution is 2.37. The van der Waals surface area contributed by atoms with Crippen molar-refractivity contribution in [3.8, 4) is 0 Å². The van der Waals surface area contributed by atoms with Crippen molar-refractivity contribution < 1.29 is 23.7 Å². The number of hydrogen-bond donors (Lipinski definition) is 4. The molecule has 4 aliphatic rings. The Hall–Kier alpha value is -0.360. The van der Waals surface area contributed by atoms with Gasteiger partial charge in [-0.25, -0.2) is 0 Å². The smallest absolute Gasteiger partial charge is 0.121 e. The molecule has 0 aliphatic carbocycles. The van der Waals surface area contributed by atoms with Gasteiger partial charge in [0.1, 0.15) is 35.6 Å². The summed E-state index contributed by atoms with van der Waals surface area (Å²) < 4.78 is 32.0. The summed E-state index contributed by atoms with van der Waals surface area (Å²) in [6, 6.07) is 0. The van der Waals surface area contributed by atoms with Crippen molar-refractivity contribution in [2.75, 3.05) is 78.8 Å². The Balaban J connectivity index is 1.62. The topological polar surface area (TPSA) is 94.3 Å². The van der Waals surface area contributed by atoms with Crippen molar-refractivity contribution in [1.29, 1.82) is 0 Å². The Labute approximate surface area is 173 Å². The van der Waals surface area contributed by atoms with Gasteiger partial charge < -0.3 is 45.0 Å². The van der Waals surface area contributed by atoms with Gasteiger partial charge in [-0.05, 0) is 13.8 Å². The van der Waals surface area contributed by atoms with Gasteiger partial charge in [-0.1, -0.05) is 0 Å². The Bertz CT molecular complexity index is 421. The van der Waals surface area contributed by atoms with Crippen LogP contribution in [0.15, 0.2) is 0 Å². The summed E-state index contributed by atoms with van der Waals surface area (Å²) in [7, 11) is 0. The maximum atomic E-state index is 7.12. The van der Waals surface area contributed by atoms with E-state index >= 15 is 0 Å². The highest BCUT2D eigenvalue weighted by atomic mass is 16.6. The molecule has 4 fully saturated rings. The highest BCUT2D eigenvalue weighted by molar-refractivity contribution is 5.05. The van der Waals surface area contributed by atoms with Crippen LogP contribution < -0.4 is 21.3 Å². The van der Waals surface area contributed by atoms with E-state index in [1.165, 1.54) is 0 Å². The highest BCUT2D eigenvalue weighted by Gasteiger charge is 2.55. The molecule has 0 saturated carbocycles. The van der Waals surface area contributed by atoms with Gasteiger partial charge in [0.2, 0.25) is 0 Å². The van der Waals surface area contributed by atoms with Gasteiger partial charge in [0.05, 0.1) is 26.4 Å². The van der Waals surface area contributed by atoms with E-state index in [2.05, 4.69) is 35.1 Å². The first-order valence-electron chi connectivity index (χ1n) is 11.1. The number of ether oxygens (including phenoxy) is 5. The lowest BCUT2D eigenvalue weighted by Crippen LogP contribution is -2.71. The largest absolute Gasteiger partial charge is 0.372 e. The zero-order valence-corrected chi connectivity index (χ0v) is 17.8. The first-order chi connectivity index (χ1) is 14.1. The summed E-state index contributed by atoms with van der Waals surface area (Å²) in [6.07, 6.45) is -0.468. The van der Waals surface area contributed by atoms with Gasteiger partial charge in [0.15, 0.2) is 0 Å². The Morgan fingerprint density at radius 1 is 0.552 bits per heavy atom. The van der Waals surface area contributed by atoms with E-state index in [0.29, 0.717) is 26.4 Å². The first-order valence-corrected chi connectivity index (χ1v) is 11.1. The summed E-state index contributed by atoms with van der Waals surface area (Å²) in [6.45, 7) is 13.3. The predicted octanol–water partition coefficient (Wildman–Crippen LogP) is -1.53. The molecule has 0 radical (unpaired) electrons. The summed E-state index contributed by atoms with van der Waals surface area (Å²) in [4.78, 5) is 0. The van der Waals surface area contributed by atoms with Crippen molar-refractivity contribution in [2.45, 2.75) is 49.5 Å². The third-order valence-corrected chi connectivity index (χ3v) is 6.71. The zero-order chi connectivity index (χ0) is 20.2. The van der Waals surface area contributed by atoms with Crippen molar-refractivity contribution in [3.05, 3.63) is 0 Å². The Kier molecular flexibility index (Phi) is 7.42. The lowest BCUT2D eigenvalue weighted by Gasteiger charge is -2.54. The minimum atomic E-state index is -0.656. The molecule has 9 nitrogen and oxygen atoms in total. The van der Waals surface area contributed by atoms with Gasteiger partial charge in [-0.3, -0.25) is 0 Å². The molecular weight excluding hydrogens is 376 g/mol. The number of rotatable bonds is 6. The monoisotopic (exact) mass is 414 g/mol. The van der Waals surface area contributed by atoms with Gasteiger partial charge in [0, 0.05) is 52.4 Å². The fourth-order valence-corrected chi connectivity index (χ4v) is 4.89. The van der Waals surface area contributed by atoms with Crippen LogP contribution in [0.4, 0.5) is 0 Å². The van der Waals surface area contributed by atoms with Crippen molar-refractivity contribution in [1.82, 2.24) is 21.3 Å². The molecule has 0 aromatic rings. The van der Waals surface area contributed by atoms with Crippen molar-refractivity contribution in [3.63, 3.8) is 0 Å². The molecule has 29 heavy (non-hydrogen) atoms. The van der Waals surface area contributed by atoms with Crippen LogP contribution in [-0.2, 0) is 23.7 Å². The van der Waals surface area contributed by atoms with Crippen LogP contribution in [-0.4, -0.2) is 114 Å². The molecule has 4 saturated heterocycles. The van der Waals surface area contributed by atoms with Crippen LogP contribution in [0.2, 0.25) is 0 Å². The fraction of sp³-hybridized carbons (Fsp3) is 1.00. The third kappa shape index (κ3) is 4.78. The molecule has 9 heteroatoms. The average Bonchev–Trinajstić information content (AvgIpc) is 2.81. The summed E-state index contributed by atoms with van der Waals surface area (Å²) >= 11 is 0. The molecule has 4 unspecified atom stereocenters. The maximum absolute atomic E-state index is 7.12. The van der Waals surface area contributed by atoms with Crippen LogP contribution in [0.5, 0.6) is 0 Å². The molecule has 0 aromatic heterocycles. The van der Waals surface area contributed by atoms with Crippen LogP contribution >= 0.6 is 0 Å². The summed E-state index contributed by atoms with van der Waals surface area (Å²) in [5.74, 6) is 0. The van der Waals surface area contributed by atoms with Gasteiger partial charge in [0.25, 0.3) is 0 Å². The SMILES string of the molecule is CC(OC(C)(C1CNCCO1)C1CNCCO1)(C1CNCCO1)C1CNCCO1. The molecule has 4 rings (SSSR count). The fourth-order valence-electron chi connectivity index (χ4n) is 4.89. The molecule has 0 amide bonds. The summed E-state index contributed by atoms with van der Waals surface area (Å²) in [5.41, 5.74) is -1.31. The van der Waals surface area contributed by atoms with Crippen LogP contribution in [0, 0.1) is 0 Å². The van der Waals surface area contributed by atoms with Gasteiger partial charge in [-0.2, -0.15) is 0 Å². The summed E-state index contributed by atoms with van der Waals surface area (Å²) in [5, 5.41) is 13.8. The van der Waals surface area contributed by atoms with E-state index in [0.717, 1.165) is 52.4 Å². The van der Waals surface area contributed by atoms with E-state index in [9.17, 15) is 0 Å². The van der Waals surface area contributed by atoms with E-state index in [1.54, 1.807) is 0 Å². The van der Waals surface area contributed by atoms with Crippen LogP contribution in [0.1, 0.15) is 13.8 Å². The van der Waals surface area contributed by atoms with E-state index in [1.807, 2.05) is 0 Å². The number of morpholine rings is 4. The number of hydrogen-bond acceptors (Lipinski definition) is 9.